The van der Waals surface area contributed by atoms with Crippen molar-refractivity contribution >= 4 is 46.2 Å². The molecule has 0 N–H and O–H groups in total. The van der Waals surface area contributed by atoms with Crippen molar-refractivity contribution in [3.8, 4) is 0 Å². The number of hydrogen-bond donors (Lipinski definition) is 0. The Kier molecular flexibility index (Phi) is 3.72. The number of amides is 1. The van der Waals surface area contributed by atoms with Crippen molar-refractivity contribution in [2.75, 3.05) is 0 Å². The molecular formula is C11H10N2O4S2. The summed E-state index contributed by atoms with van der Waals surface area (Å²) in [7, 11) is 0. The molecule has 1 aliphatic rings. The zero-order valence-electron chi connectivity index (χ0n) is 10.2. The van der Waals surface area contributed by atoms with E-state index in [1.54, 1.807) is 0 Å². The predicted octanol–water partition coefficient (Wildman–Crippen LogP) is 2.80. The molecule has 2 heterocycles. The Hall–Kier alpha value is -1.67. The van der Waals surface area contributed by atoms with Gasteiger partial charge in [0.2, 0.25) is 0 Å². The molecule has 0 aromatic carbocycles. The van der Waals surface area contributed by atoms with Crippen LogP contribution in [0.2, 0.25) is 0 Å². The molecule has 100 valence electrons. The molecule has 1 aliphatic heterocycles. The lowest BCUT2D eigenvalue weighted by Gasteiger charge is -2.18. The molecule has 8 heteroatoms. The monoisotopic (exact) mass is 298 g/mol. The second kappa shape index (κ2) is 5.14. The Morgan fingerprint density at radius 1 is 1.53 bits per heavy atom. The van der Waals surface area contributed by atoms with Crippen molar-refractivity contribution in [2.45, 2.75) is 19.9 Å². The minimum atomic E-state index is -0.628. The molecule has 1 aromatic heterocycles. The summed E-state index contributed by atoms with van der Waals surface area (Å²) in [4.78, 5) is 23.9. The number of hydrogen-bond acceptors (Lipinski definition) is 6. The van der Waals surface area contributed by atoms with E-state index in [-0.39, 0.29) is 23.6 Å². The zero-order valence-corrected chi connectivity index (χ0v) is 11.8. The Bertz CT molecular complexity index is 591. The van der Waals surface area contributed by atoms with Crippen LogP contribution in [0, 0.1) is 10.1 Å². The molecule has 0 saturated carbocycles. The fourth-order valence-corrected chi connectivity index (χ4v) is 3.08. The Balaban J connectivity index is 2.27. The van der Waals surface area contributed by atoms with E-state index in [0.717, 1.165) is 11.8 Å². The number of furan rings is 1. The van der Waals surface area contributed by atoms with E-state index < -0.39 is 4.92 Å². The predicted molar refractivity (Wildman–Crippen MR) is 75.5 cm³/mol. The third kappa shape index (κ3) is 2.69. The summed E-state index contributed by atoms with van der Waals surface area (Å²) in [5.74, 6) is -0.300. The van der Waals surface area contributed by atoms with Crippen molar-refractivity contribution in [1.29, 1.82) is 0 Å². The van der Waals surface area contributed by atoms with Crippen molar-refractivity contribution in [1.82, 2.24) is 4.90 Å². The van der Waals surface area contributed by atoms with E-state index in [1.165, 1.54) is 23.1 Å². The maximum Gasteiger partial charge on any atom is 0.433 e. The SMILES string of the molecule is CC(C)N1C(=O)/C(=C\c2ccc([N+](=O)[O-])o2)SC1=S. The second-order valence-electron chi connectivity index (χ2n) is 4.08. The first-order valence-electron chi connectivity index (χ1n) is 5.41. The standard InChI is InChI=1S/C11H10N2O4S2/c1-6(2)12-10(14)8(19-11(12)18)5-7-3-4-9(17-7)13(15)16/h3-6H,1-2H3/b8-5+. The van der Waals surface area contributed by atoms with Gasteiger partial charge in [-0.15, -0.1) is 0 Å². The molecule has 0 atom stereocenters. The van der Waals surface area contributed by atoms with Gasteiger partial charge in [-0.3, -0.25) is 19.8 Å². The van der Waals surface area contributed by atoms with Gasteiger partial charge >= 0.3 is 5.88 Å². The molecule has 1 saturated heterocycles. The average Bonchev–Trinajstić information content (AvgIpc) is 2.85. The highest BCUT2D eigenvalue weighted by atomic mass is 32.2. The van der Waals surface area contributed by atoms with Gasteiger partial charge in [-0.2, -0.15) is 0 Å². The fraction of sp³-hybridized carbons (Fsp3) is 0.273. The van der Waals surface area contributed by atoms with Gasteiger partial charge in [-0.05, 0) is 19.9 Å². The van der Waals surface area contributed by atoms with Crippen LogP contribution in [0.4, 0.5) is 5.88 Å². The summed E-state index contributed by atoms with van der Waals surface area (Å²) in [6.45, 7) is 3.73. The van der Waals surface area contributed by atoms with Crippen LogP contribution in [0.25, 0.3) is 6.08 Å². The Morgan fingerprint density at radius 3 is 2.68 bits per heavy atom. The molecule has 1 fully saturated rings. The largest absolute Gasteiger partial charge is 0.433 e. The third-order valence-corrected chi connectivity index (χ3v) is 3.74. The van der Waals surface area contributed by atoms with Crippen LogP contribution < -0.4 is 0 Å². The highest BCUT2D eigenvalue weighted by Gasteiger charge is 2.34. The molecule has 1 aromatic rings. The van der Waals surface area contributed by atoms with Crippen molar-refractivity contribution < 1.29 is 14.1 Å². The molecule has 0 radical (unpaired) electrons. The highest BCUT2D eigenvalue weighted by Crippen LogP contribution is 2.34. The summed E-state index contributed by atoms with van der Waals surface area (Å²) in [6.07, 6.45) is 1.47. The topological polar surface area (TPSA) is 76.6 Å². The van der Waals surface area contributed by atoms with Gasteiger partial charge in [0, 0.05) is 12.1 Å². The number of nitro groups is 1. The first-order valence-corrected chi connectivity index (χ1v) is 6.64. The number of carbonyl (C=O) groups is 1. The smallest absolute Gasteiger partial charge is 0.401 e. The summed E-state index contributed by atoms with van der Waals surface area (Å²) in [5, 5.41) is 10.5. The van der Waals surface area contributed by atoms with E-state index in [1.807, 2.05) is 13.8 Å². The molecule has 0 bridgehead atoms. The highest BCUT2D eigenvalue weighted by molar-refractivity contribution is 8.26. The van der Waals surface area contributed by atoms with E-state index >= 15 is 0 Å². The van der Waals surface area contributed by atoms with Crippen molar-refractivity contribution in [3.63, 3.8) is 0 Å². The Morgan fingerprint density at radius 2 is 2.21 bits per heavy atom. The number of rotatable bonds is 3. The number of nitrogens with zero attached hydrogens (tertiary/aromatic N) is 2. The van der Waals surface area contributed by atoms with Gasteiger partial charge in [-0.1, -0.05) is 24.0 Å². The minimum absolute atomic E-state index is 0.0238. The summed E-state index contributed by atoms with van der Waals surface area (Å²) < 4.78 is 5.46. The maximum atomic E-state index is 12.1. The summed E-state index contributed by atoms with van der Waals surface area (Å²) in [5.41, 5.74) is 0. The maximum absolute atomic E-state index is 12.1. The van der Waals surface area contributed by atoms with Gasteiger partial charge < -0.3 is 4.42 Å². The average molecular weight is 298 g/mol. The lowest BCUT2D eigenvalue weighted by molar-refractivity contribution is -0.402. The molecular weight excluding hydrogens is 288 g/mol. The normalized spacial score (nSPS) is 17.8. The summed E-state index contributed by atoms with van der Waals surface area (Å²) in [6, 6.07) is 2.67. The van der Waals surface area contributed by atoms with Gasteiger partial charge in [0.05, 0.1) is 11.0 Å². The van der Waals surface area contributed by atoms with Gasteiger partial charge in [-0.25, -0.2) is 0 Å². The first-order chi connectivity index (χ1) is 8.90. The number of thiocarbonyl (C=S) groups is 1. The van der Waals surface area contributed by atoms with Gasteiger partial charge in [0.1, 0.15) is 15.0 Å². The number of carbonyl (C=O) groups excluding carboxylic acids is 1. The van der Waals surface area contributed by atoms with E-state index in [9.17, 15) is 14.9 Å². The van der Waals surface area contributed by atoms with Crippen LogP contribution >= 0.6 is 24.0 Å². The second-order valence-corrected chi connectivity index (χ2v) is 5.75. The van der Waals surface area contributed by atoms with E-state index in [4.69, 9.17) is 16.6 Å². The van der Waals surface area contributed by atoms with Crippen LogP contribution in [0.3, 0.4) is 0 Å². The molecule has 0 unspecified atom stereocenters. The molecule has 0 spiro atoms. The summed E-state index contributed by atoms with van der Waals surface area (Å²) >= 11 is 6.28. The quantitative estimate of drug-likeness (QED) is 0.369. The number of thioether (sulfide) groups is 1. The van der Waals surface area contributed by atoms with Crippen LogP contribution in [0.5, 0.6) is 0 Å². The van der Waals surface area contributed by atoms with E-state index in [0.29, 0.717) is 9.23 Å². The van der Waals surface area contributed by atoms with Crippen molar-refractivity contribution in [3.05, 3.63) is 32.9 Å². The molecule has 1 amide bonds. The molecule has 6 nitrogen and oxygen atoms in total. The lowest BCUT2D eigenvalue weighted by Crippen LogP contribution is -2.34. The van der Waals surface area contributed by atoms with Crippen LogP contribution in [-0.2, 0) is 4.79 Å². The van der Waals surface area contributed by atoms with Crippen LogP contribution in [0.15, 0.2) is 21.5 Å². The zero-order chi connectivity index (χ0) is 14.2. The van der Waals surface area contributed by atoms with Gasteiger partial charge in [0.25, 0.3) is 5.91 Å². The first kappa shape index (κ1) is 13.8. The minimum Gasteiger partial charge on any atom is -0.401 e. The van der Waals surface area contributed by atoms with Crippen molar-refractivity contribution in [2.24, 2.45) is 0 Å². The van der Waals surface area contributed by atoms with E-state index in [2.05, 4.69) is 0 Å². The fourth-order valence-electron chi connectivity index (χ4n) is 1.57. The molecule has 19 heavy (non-hydrogen) atoms. The Labute approximate surface area is 118 Å². The molecule has 0 aliphatic carbocycles. The van der Waals surface area contributed by atoms with Gasteiger partial charge in [0.15, 0.2) is 0 Å². The van der Waals surface area contributed by atoms with Crippen LogP contribution in [-0.4, -0.2) is 26.1 Å². The third-order valence-electron chi connectivity index (χ3n) is 2.41. The van der Waals surface area contributed by atoms with Crippen LogP contribution in [0.1, 0.15) is 19.6 Å². The lowest BCUT2D eigenvalue weighted by atomic mass is 10.3. The molecule has 2 rings (SSSR count).